The van der Waals surface area contributed by atoms with Crippen LogP contribution >= 0.6 is 0 Å². The minimum Gasteiger partial charge on any atom is -0.394 e. The van der Waals surface area contributed by atoms with Gasteiger partial charge in [0, 0.05) is 6.42 Å². The molecule has 4 heteroatoms. The average Bonchev–Trinajstić information content (AvgIpc) is 3.26. The van der Waals surface area contributed by atoms with Crippen LogP contribution in [0, 0.1) is 0 Å². The summed E-state index contributed by atoms with van der Waals surface area (Å²) in [5.41, 5.74) is 0. The zero-order valence-corrected chi connectivity index (χ0v) is 40.7. The molecule has 2 unspecified atom stereocenters. The molecule has 0 bridgehead atoms. The molecule has 61 heavy (non-hydrogen) atoms. The highest BCUT2D eigenvalue weighted by atomic mass is 16.3. The highest BCUT2D eigenvalue weighted by molar-refractivity contribution is 5.76. The van der Waals surface area contributed by atoms with Crippen molar-refractivity contribution in [1.29, 1.82) is 0 Å². The first-order valence-corrected chi connectivity index (χ1v) is 26.7. The monoisotopic (exact) mass is 850 g/mol. The van der Waals surface area contributed by atoms with Gasteiger partial charge in [0.15, 0.2) is 0 Å². The van der Waals surface area contributed by atoms with Gasteiger partial charge in [0.05, 0.1) is 18.8 Å². The van der Waals surface area contributed by atoms with Crippen molar-refractivity contribution < 1.29 is 15.0 Å². The van der Waals surface area contributed by atoms with Gasteiger partial charge < -0.3 is 15.5 Å². The van der Waals surface area contributed by atoms with Crippen LogP contribution in [-0.2, 0) is 4.79 Å². The standard InChI is InChI=1S/C57H103NO3/c1-3-5-7-9-11-13-15-17-19-21-23-24-25-26-27-28-29-30-31-32-33-34-35-37-39-41-43-45-47-49-51-53-57(61)58-55(54-59)56(60)52-50-48-46-44-42-40-38-36-22-20-18-16-14-12-10-8-6-4-2/h15,17,21-23,25-26,36,42,44,50,52,55-56,59-60H,3-14,16,18-20,24,27-35,37-41,43,45-49,51,53-54H2,1-2H3,(H,58,61)/b17-15-,23-21-,26-25-,36-22+,44-42+,52-50+. The summed E-state index contributed by atoms with van der Waals surface area (Å²) < 4.78 is 0. The van der Waals surface area contributed by atoms with E-state index in [1.807, 2.05) is 6.08 Å². The van der Waals surface area contributed by atoms with Gasteiger partial charge in [-0.05, 0) is 83.5 Å². The Balaban J connectivity index is 3.55. The van der Waals surface area contributed by atoms with Gasteiger partial charge in [-0.3, -0.25) is 4.79 Å². The lowest BCUT2D eigenvalue weighted by atomic mass is 10.0. The first-order chi connectivity index (χ1) is 30.2. The molecule has 0 saturated carbocycles. The summed E-state index contributed by atoms with van der Waals surface area (Å²) in [5.74, 6) is -0.0781. The van der Waals surface area contributed by atoms with Gasteiger partial charge in [0.1, 0.15) is 0 Å². The number of carbonyl (C=O) groups excluding carboxylic acids is 1. The van der Waals surface area contributed by atoms with Gasteiger partial charge in [0.2, 0.25) is 5.91 Å². The molecule has 0 rings (SSSR count). The molecule has 1 amide bonds. The Morgan fingerprint density at radius 3 is 1.07 bits per heavy atom. The summed E-state index contributed by atoms with van der Waals surface area (Å²) in [6.07, 6.45) is 74.8. The van der Waals surface area contributed by atoms with Crippen molar-refractivity contribution in [1.82, 2.24) is 5.32 Å². The minimum absolute atomic E-state index is 0.0781. The fourth-order valence-corrected chi connectivity index (χ4v) is 7.81. The maximum absolute atomic E-state index is 12.4. The van der Waals surface area contributed by atoms with Crippen LogP contribution in [0.4, 0.5) is 0 Å². The largest absolute Gasteiger partial charge is 0.394 e. The third-order valence-electron chi connectivity index (χ3n) is 11.9. The molecular weight excluding hydrogens is 747 g/mol. The molecule has 0 aromatic rings. The number of unbranched alkanes of at least 4 members (excludes halogenated alkanes) is 31. The van der Waals surface area contributed by atoms with Crippen molar-refractivity contribution in [3.8, 4) is 0 Å². The second-order valence-electron chi connectivity index (χ2n) is 17.9. The van der Waals surface area contributed by atoms with Crippen molar-refractivity contribution >= 4 is 5.91 Å². The minimum atomic E-state index is -0.872. The van der Waals surface area contributed by atoms with Crippen LogP contribution in [0.15, 0.2) is 72.9 Å². The van der Waals surface area contributed by atoms with Crippen molar-refractivity contribution in [3.63, 3.8) is 0 Å². The molecule has 0 fully saturated rings. The summed E-state index contributed by atoms with van der Waals surface area (Å²) in [6.45, 7) is 4.28. The smallest absolute Gasteiger partial charge is 0.220 e. The number of amides is 1. The lowest BCUT2D eigenvalue weighted by Crippen LogP contribution is -2.45. The fourth-order valence-electron chi connectivity index (χ4n) is 7.81. The van der Waals surface area contributed by atoms with E-state index in [0.717, 1.165) is 51.4 Å². The van der Waals surface area contributed by atoms with E-state index in [2.05, 4.69) is 79.9 Å². The van der Waals surface area contributed by atoms with E-state index in [1.165, 1.54) is 193 Å². The van der Waals surface area contributed by atoms with Crippen molar-refractivity contribution in [2.24, 2.45) is 0 Å². The SMILES string of the molecule is CCCCCCC/C=C\C/C=C\C/C=C\CCCCCCCCCCCCCCCCCCC(=O)NC(CO)C(O)/C=C/CC/C=C/CC/C=C/CCCCCCCCCC. The van der Waals surface area contributed by atoms with Crippen LogP contribution in [0.1, 0.15) is 264 Å². The van der Waals surface area contributed by atoms with E-state index in [-0.39, 0.29) is 12.5 Å². The van der Waals surface area contributed by atoms with Crippen LogP contribution in [0.5, 0.6) is 0 Å². The average molecular weight is 850 g/mol. The van der Waals surface area contributed by atoms with Gasteiger partial charge in [-0.1, -0.05) is 247 Å². The summed E-state index contributed by atoms with van der Waals surface area (Å²) in [7, 11) is 0. The summed E-state index contributed by atoms with van der Waals surface area (Å²) in [5, 5.41) is 23.1. The second-order valence-corrected chi connectivity index (χ2v) is 17.9. The molecule has 0 aromatic heterocycles. The van der Waals surface area contributed by atoms with E-state index in [4.69, 9.17) is 0 Å². The molecule has 0 aliphatic heterocycles. The number of hydrogen-bond donors (Lipinski definition) is 3. The maximum Gasteiger partial charge on any atom is 0.220 e. The van der Waals surface area contributed by atoms with Crippen LogP contribution in [0.2, 0.25) is 0 Å². The van der Waals surface area contributed by atoms with Gasteiger partial charge in [0.25, 0.3) is 0 Å². The summed E-state index contributed by atoms with van der Waals surface area (Å²) in [4.78, 5) is 12.4. The van der Waals surface area contributed by atoms with E-state index in [9.17, 15) is 15.0 Å². The Kier molecular flexibility index (Phi) is 50.3. The van der Waals surface area contributed by atoms with Gasteiger partial charge in [-0.15, -0.1) is 0 Å². The molecule has 0 radical (unpaired) electrons. The molecule has 2 atom stereocenters. The number of aliphatic hydroxyl groups is 2. The number of aliphatic hydroxyl groups excluding tert-OH is 2. The first kappa shape index (κ1) is 58.8. The molecule has 354 valence electrons. The topological polar surface area (TPSA) is 69.6 Å². The van der Waals surface area contributed by atoms with Gasteiger partial charge in [-0.2, -0.15) is 0 Å². The number of rotatable bonds is 48. The highest BCUT2D eigenvalue weighted by Gasteiger charge is 2.17. The quantitative estimate of drug-likeness (QED) is 0.0422. The zero-order valence-electron chi connectivity index (χ0n) is 40.7. The number of carbonyl (C=O) groups is 1. The molecule has 4 nitrogen and oxygen atoms in total. The van der Waals surface area contributed by atoms with E-state index < -0.39 is 12.1 Å². The summed E-state index contributed by atoms with van der Waals surface area (Å²) >= 11 is 0. The molecule has 0 spiro atoms. The second kappa shape index (κ2) is 52.2. The number of nitrogens with one attached hydrogen (secondary N) is 1. The maximum atomic E-state index is 12.4. The molecular formula is C57H103NO3. The molecule has 0 aromatic carbocycles. The summed E-state index contributed by atoms with van der Waals surface area (Å²) in [6, 6.07) is -0.648. The predicted octanol–water partition coefficient (Wildman–Crippen LogP) is 17.4. The predicted molar refractivity (Wildman–Crippen MR) is 271 cm³/mol. The van der Waals surface area contributed by atoms with E-state index in [0.29, 0.717) is 6.42 Å². The third kappa shape index (κ3) is 48.7. The van der Waals surface area contributed by atoms with Crippen molar-refractivity contribution in [2.45, 2.75) is 276 Å². The Morgan fingerprint density at radius 2 is 0.689 bits per heavy atom. The molecule has 0 aliphatic carbocycles. The van der Waals surface area contributed by atoms with E-state index >= 15 is 0 Å². The zero-order chi connectivity index (χ0) is 44.2. The first-order valence-electron chi connectivity index (χ1n) is 26.7. The van der Waals surface area contributed by atoms with Crippen molar-refractivity contribution in [2.75, 3.05) is 6.61 Å². The molecule has 0 heterocycles. The Bertz CT molecular complexity index is 1050. The lowest BCUT2D eigenvalue weighted by Gasteiger charge is -2.19. The van der Waals surface area contributed by atoms with Crippen molar-refractivity contribution in [3.05, 3.63) is 72.9 Å². The molecule has 0 saturated heterocycles. The normalized spacial score (nSPS) is 13.4. The third-order valence-corrected chi connectivity index (χ3v) is 11.9. The Morgan fingerprint density at radius 1 is 0.393 bits per heavy atom. The van der Waals surface area contributed by atoms with Crippen LogP contribution in [-0.4, -0.2) is 34.9 Å². The Hall–Kier alpha value is -2.17. The Labute approximate surface area is 380 Å². The number of allylic oxidation sites excluding steroid dienone is 11. The van der Waals surface area contributed by atoms with Crippen LogP contribution < -0.4 is 5.32 Å². The fraction of sp³-hybridized carbons (Fsp3) is 0.772. The highest BCUT2D eigenvalue weighted by Crippen LogP contribution is 2.15. The molecule has 0 aliphatic rings. The van der Waals surface area contributed by atoms with E-state index in [1.54, 1.807) is 6.08 Å². The lowest BCUT2D eigenvalue weighted by molar-refractivity contribution is -0.123. The van der Waals surface area contributed by atoms with Gasteiger partial charge in [-0.25, -0.2) is 0 Å². The van der Waals surface area contributed by atoms with Crippen LogP contribution in [0.25, 0.3) is 0 Å². The molecule has 3 N–H and O–H groups in total. The van der Waals surface area contributed by atoms with Gasteiger partial charge >= 0.3 is 0 Å². The van der Waals surface area contributed by atoms with Crippen LogP contribution in [0.3, 0.4) is 0 Å². The number of hydrogen-bond acceptors (Lipinski definition) is 3.